The smallest absolute Gasteiger partial charge is 0.418 e. The number of benzene rings is 1. The van der Waals surface area contributed by atoms with E-state index in [2.05, 4.69) is 36.1 Å². The molecule has 0 unspecified atom stereocenters. The zero-order chi connectivity index (χ0) is 17.5. The summed E-state index contributed by atoms with van der Waals surface area (Å²) in [5, 5.41) is 0. The van der Waals surface area contributed by atoms with Gasteiger partial charge in [-0.1, -0.05) is 43.7 Å². The molecule has 0 atom stereocenters. The zero-order valence-corrected chi connectivity index (χ0v) is 15.2. The Morgan fingerprint density at radius 1 is 1.21 bits per heavy atom. The Labute approximate surface area is 146 Å². The number of likely N-dealkylation sites (tertiary alicyclic amines) is 1. The molecule has 1 aliphatic heterocycles. The molecule has 0 bridgehead atoms. The summed E-state index contributed by atoms with van der Waals surface area (Å²) in [6.45, 7) is 11.0. The van der Waals surface area contributed by atoms with Gasteiger partial charge in [-0.15, -0.1) is 0 Å². The second kappa shape index (κ2) is 8.63. The van der Waals surface area contributed by atoms with E-state index in [-0.39, 0.29) is 5.60 Å². The third-order valence-electron chi connectivity index (χ3n) is 4.76. The van der Waals surface area contributed by atoms with E-state index in [9.17, 15) is 4.79 Å². The molecular weight excluding hydrogens is 302 g/mol. The number of unbranched alkanes of at least 4 members (excludes halogenated alkanes) is 1. The molecule has 24 heavy (non-hydrogen) atoms. The van der Waals surface area contributed by atoms with E-state index >= 15 is 0 Å². The lowest BCUT2D eigenvalue weighted by Gasteiger charge is -2.43. The fourth-order valence-corrected chi connectivity index (χ4v) is 3.43. The van der Waals surface area contributed by atoms with Crippen molar-refractivity contribution in [1.82, 2.24) is 4.90 Å². The van der Waals surface area contributed by atoms with Crippen molar-refractivity contribution in [3.8, 4) is 0 Å². The highest BCUT2D eigenvalue weighted by Crippen LogP contribution is 2.37. The van der Waals surface area contributed by atoms with Crippen LogP contribution in [-0.2, 0) is 19.9 Å². The summed E-state index contributed by atoms with van der Waals surface area (Å²) in [5.41, 5.74) is 0.587. The number of nitrogens with zero attached hydrogens (tertiary/aromatic N) is 1. The van der Waals surface area contributed by atoms with E-state index in [0.29, 0.717) is 0 Å². The Morgan fingerprint density at radius 3 is 2.46 bits per heavy atom. The van der Waals surface area contributed by atoms with Crippen LogP contribution < -0.4 is 0 Å². The zero-order valence-electron chi connectivity index (χ0n) is 15.2. The minimum absolute atomic E-state index is 0.186. The van der Waals surface area contributed by atoms with Crippen LogP contribution in [0.2, 0.25) is 0 Å². The molecule has 0 aromatic heterocycles. The maximum absolute atomic E-state index is 10.5. The van der Waals surface area contributed by atoms with Crippen LogP contribution in [0.4, 0.5) is 0 Å². The summed E-state index contributed by atoms with van der Waals surface area (Å²) >= 11 is 0. The summed E-state index contributed by atoms with van der Waals surface area (Å²) in [5.74, 6) is 0. The molecule has 4 nitrogen and oxygen atoms in total. The number of piperidine rings is 1. The summed E-state index contributed by atoms with van der Waals surface area (Å²) < 4.78 is 11.5. The van der Waals surface area contributed by atoms with E-state index in [4.69, 9.17) is 9.47 Å². The molecule has 0 N–H and O–H groups in total. The Morgan fingerprint density at radius 2 is 1.88 bits per heavy atom. The standard InChI is InChI=1S/C20H30NO3/c1-4-5-15-23-20(18-9-7-6-8-10-18)11-13-21(14-12-20)16-19(2,3)24-17-22/h6-10H,4-5,11-16H2,1-3H3. The highest BCUT2D eigenvalue weighted by molar-refractivity contribution is 5.39. The molecule has 0 aliphatic carbocycles. The van der Waals surface area contributed by atoms with Crippen LogP contribution in [0, 0.1) is 0 Å². The SMILES string of the molecule is CCCCOC1(c2ccccc2)CCN(CC(C)(C)O[C]=O)CC1. The number of carbonyl (C=O) groups excluding carboxylic acids is 1. The number of hydrogen-bond donors (Lipinski definition) is 0. The molecule has 1 fully saturated rings. The molecule has 1 radical (unpaired) electrons. The topological polar surface area (TPSA) is 38.8 Å². The third kappa shape index (κ3) is 5.05. The van der Waals surface area contributed by atoms with Crippen LogP contribution >= 0.6 is 0 Å². The summed E-state index contributed by atoms with van der Waals surface area (Å²) in [7, 11) is 0. The first kappa shape index (κ1) is 18.9. The van der Waals surface area contributed by atoms with Crippen molar-refractivity contribution in [2.45, 2.75) is 57.7 Å². The molecule has 133 valence electrons. The first-order valence-electron chi connectivity index (χ1n) is 8.98. The lowest BCUT2D eigenvalue weighted by Crippen LogP contribution is -2.49. The van der Waals surface area contributed by atoms with Gasteiger partial charge in [0.25, 0.3) is 0 Å². The van der Waals surface area contributed by atoms with Gasteiger partial charge in [-0.3, -0.25) is 4.90 Å². The highest BCUT2D eigenvalue weighted by Gasteiger charge is 2.38. The molecule has 0 spiro atoms. The average Bonchev–Trinajstić information content (AvgIpc) is 2.57. The van der Waals surface area contributed by atoms with Crippen LogP contribution in [-0.4, -0.2) is 43.2 Å². The Hall–Kier alpha value is -1.39. The Bertz CT molecular complexity index is 493. The second-order valence-electron chi connectivity index (χ2n) is 7.28. The molecule has 4 heteroatoms. The van der Waals surface area contributed by atoms with Gasteiger partial charge in [-0.25, -0.2) is 4.79 Å². The number of ether oxygens (including phenoxy) is 2. The van der Waals surface area contributed by atoms with Gasteiger partial charge in [-0.05, 0) is 38.7 Å². The minimum atomic E-state index is -0.502. The van der Waals surface area contributed by atoms with E-state index in [1.54, 1.807) is 6.47 Å². The Balaban J connectivity index is 2.03. The quantitative estimate of drug-likeness (QED) is 0.647. The van der Waals surface area contributed by atoms with Crippen LogP contribution in [0.25, 0.3) is 0 Å². The van der Waals surface area contributed by atoms with Crippen LogP contribution in [0.5, 0.6) is 0 Å². The van der Waals surface area contributed by atoms with E-state index < -0.39 is 5.60 Å². The summed E-state index contributed by atoms with van der Waals surface area (Å²) in [4.78, 5) is 12.9. The van der Waals surface area contributed by atoms with Gasteiger partial charge >= 0.3 is 6.47 Å². The molecule has 0 amide bonds. The van der Waals surface area contributed by atoms with Crippen molar-refractivity contribution >= 4 is 6.47 Å². The lowest BCUT2D eigenvalue weighted by atomic mass is 9.83. The fourth-order valence-electron chi connectivity index (χ4n) is 3.43. The second-order valence-corrected chi connectivity index (χ2v) is 7.28. The van der Waals surface area contributed by atoms with Crippen LogP contribution in [0.3, 0.4) is 0 Å². The van der Waals surface area contributed by atoms with E-state index in [1.165, 1.54) is 5.56 Å². The first-order valence-corrected chi connectivity index (χ1v) is 8.98. The maximum Gasteiger partial charge on any atom is 0.418 e. The molecule has 0 saturated carbocycles. The van der Waals surface area contributed by atoms with Gasteiger partial charge in [0.2, 0.25) is 0 Å². The van der Waals surface area contributed by atoms with Gasteiger partial charge < -0.3 is 9.47 Å². The molecule has 1 heterocycles. The van der Waals surface area contributed by atoms with E-state index in [1.807, 2.05) is 19.9 Å². The van der Waals surface area contributed by atoms with Crippen molar-refractivity contribution in [1.29, 1.82) is 0 Å². The van der Waals surface area contributed by atoms with Crippen molar-refractivity contribution < 1.29 is 14.3 Å². The van der Waals surface area contributed by atoms with Crippen molar-refractivity contribution in [3.63, 3.8) is 0 Å². The number of rotatable bonds is 9. The first-order chi connectivity index (χ1) is 11.5. The van der Waals surface area contributed by atoms with Crippen molar-refractivity contribution in [2.24, 2.45) is 0 Å². The fraction of sp³-hybridized carbons (Fsp3) is 0.650. The van der Waals surface area contributed by atoms with Crippen molar-refractivity contribution in [2.75, 3.05) is 26.2 Å². The monoisotopic (exact) mass is 332 g/mol. The van der Waals surface area contributed by atoms with Gasteiger partial charge in [-0.2, -0.15) is 0 Å². The van der Waals surface area contributed by atoms with Gasteiger partial charge in [0.05, 0.1) is 5.60 Å². The highest BCUT2D eigenvalue weighted by atomic mass is 16.5. The molecule has 2 rings (SSSR count). The predicted molar refractivity (Wildman–Crippen MR) is 95.5 cm³/mol. The largest absolute Gasteiger partial charge is 0.450 e. The van der Waals surface area contributed by atoms with Crippen molar-refractivity contribution in [3.05, 3.63) is 35.9 Å². The third-order valence-corrected chi connectivity index (χ3v) is 4.76. The molecular formula is C20H30NO3. The number of hydrogen-bond acceptors (Lipinski definition) is 4. The predicted octanol–water partition coefficient (Wildman–Crippen LogP) is 3.66. The summed E-state index contributed by atoms with van der Waals surface area (Å²) in [6.07, 6.45) is 4.16. The van der Waals surface area contributed by atoms with E-state index in [0.717, 1.165) is 51.9 Å². The summed E-state index contributed by atoms with van der Waals surface area (Å²) in [6, 6.07) is 10.6. The molecule has 1 aromatic rings. The van der Waals surface area contributed by atoms with Gasteiger partial charge in [0, 0.05) is 26.2 Å². The molecule has 1 saturated heterocycles. The lowest BCUT2D eigenvalue weighted by molar-refractivity contribution is -0.0972. The van der Waals surface area contributed by atoms with Crippen LogP contribution in [0.15, 0.2) is 30.3 Å². The van der Waals surface area contributed by atoms with Crippen LogP contribution in [0.1, 0.15) is 52.0 Å². The maximum atomic E-state index is 10.5. The normalized spacial score (nSPS) is 18.3. The minimum Gasteiger partial charge on any atom is -0.450 e. The molecule has 1 aliphatic rings. The molecule has 1 aromatic carbocycles. The van der Waals surface area contributed by atoms with Gasteiger partial charge in [0.15, 0.2) is 0 Å². The Kier molecular flexibility index (Phi) is 6.81. The average molecular weight is 332 g/mol. The van der Waals surface area contributed by atoms with Gasteiger partial charge in [0.1, 0.15) is 5.60 Å².